The van der Waals surface area contributed by atoms with E-state index in [0.29, 0.717) is 5.56 Å². The van der Waals surface area contributed by atoms with Crippen molar-refractivity contribution in [2.24, 2.45) is 0 Å². The van der Waals surface area contributed by atoms with E-state index in [2.05, 4.69) is 6.92 Å². The highest BCUT2D eigenvalue weighted by Crippen LogP contribution is 2.21. The van der Waals surface area contributed by atoms with Gasteiger partial charge in [-0.05, 0) is 35.7 Å². The molecule has 0 aromatic heterocycles. The molecule has 0 unspecified atom stereocenters. The Bertz CT molecular complexity index is 412. The minimum atomic E-state index is -0.239. The van der Waals surface area contributed by atoms with Crippen molar-refractivity contribution in [1.29, 1.82) is 0 Å². The molecule has 0 saturated carbocycles. The summed E-state index contributed by atoms with van der Waals surface area (Å²) in [7, 11) is 0. The van der Waals surface area contributed by atoms with E-state index in [-0.39, 0.29) is 5.82 Å². The molecule has 2 rings (SSSR count). The Kier molecular flexibility index (Phi) is 2.32. The van der Waals surface area contributed by atoms with Gasteiger partial charge in [-0.15, -0.1) is 0 Å². The van der Waals surface area contributed by atoms with Gasteiger partial charge in [0, 0.05) is 0 Å². The van der Waals surface area contributed by atoms with Gasteiger partial charge in [0.15, 0.2) is 0 Å². The van der Waals surface area contributed by atoms with Crippen LogP contribution in [0.4, 0.5) is 4.39 Å². The van der Waals surface area contributed by atoms with Crippen LogP contribution in [0.25, 0.3) is 11.1 Å². The number of hydrogen-bond donors (Lipinski definition) is 0. The van der Waals surface area contributed by atoms with Gasteiger partial charge in [0.1, 0.15) is 5.82 Å². The van der Waals surface area contributed by atoms with Crippen LogP contribution < -0.4 is 0 Å². The van der Waals surface area contributed by atoms with E-state index < -0.39 is 0 Å². The van der Waals surface area contributed by atoms with Crippen molar-refractivity contribution in [2.45, 2.75) is 0 Å². The minimum absolute atomic E-state index is 0.239. The summed E-state index contributed by atoms with van der Waals surface area (Å²) in [6.45, 7) is 3.73. The quantitative estimate of drug-likeness (QED) is 0.635. The van der Waals surface area contributed by atoms with Crippen molar-refractivity contribution in [3.05, 3.63) is 66.8 Å². The predicted octanol–water partition coefficient (Wildman–Crippen LogP) is 3.67. The molecule has 0 aliphatic rings. The number of halogens is 1. The lowest BCUT2D eigenvalue weighted by atomic mass is 10.0. The lowest BCUT2D eigenvalue weighted by molar-refractivity contribution is 0.628. The first kappa shape index (κ1) is 8.95. The molecule has 0 atom stereocenters. The van der Waals surface area contributed by atoms with Crippen LogP contribution in [0.1, 0.15) is 5.56 Å². The van der Waals surface area contributed by atoms with Crippen molar-refractivity contribution in [3.8, 4) is 11.1 Å². The third-order valence-electron chi connectivity index (χ3n) is 2.06. The van der Waals surface area contributed by atoms with Gasteiger partial charge in [0.25, 0.3) is 0 Å². The molecule has 0 bridgehead atoms. The van der Waals surface area contributed by atoms with E-state index in [4.69, 9.17) is 0 Å². The smallest absolute Gasteiger partial charge is 0.124 e. The summed E-state index contributed by atoms with van der Waals surface area (Å²) in [6, 6.07) is 14.5. The predicted molar refractivity (Wildman–Crippen MR) is 56.3 cm³/mol. The van der Waals surface area contributed by atoms with Gasteiger partial charge in [-0.1, -0.05) is 36.4 Å². The van der Waals surface area contributed by atoms with Crippen LogP contribution in [0.5, 0.6) is 0 Å². The molecule has 0 N–H and O–H groups in total. The van der Waals surface area contributed by atoms with Gasteiger partial charge < -0.3 is 0 Å². The summed E-state index contributed by atoms with van der Waals surface area (Å²) >= 11 is 0. The molecule has 0 nitrogen and oxygen atoms in total. The standard InChI is InChI=1S/C13H10F/c1-10-7-12(9-13(14)8-10)11-5-3-2-4-6-11/h2-9H,1H2. The van der Waals surface area contributed by atoms with Crippen LogP contribution in [0, 0.1) is 12.7 Å². The summed E-state index contributed by atoms with van der Waals surface area (Å²) in [5.41, 5.74) is 2.58. The van der Waals surface area contributed by atoms with Gasteiger partial charge in [-0.3, -0.25) is 0 Å². The molecule has 0 spiro atoms. The second-order valence-corrected chi connectivity index (χ2v) is 3.21. The monoisotopic (exact) mass is 185 g/mol. The Balaban J connectivity index is 2.52. The maximum Gasteiger partial charge on any atom is 0.124 e. The lowest BCUT2D eigenvalue weighted by Crippen LogP contribution is -1.82. The van der Waals surface area contributed by atoms with Crippen LogP contribution in [0.3, 0.4) is 0 Å². The van der Waals surface area contributed by atoms with Gasteiger partial charge in [-0.25, -0.2) is 4.39 Å². The molecule has 69 valence electrons. The molecule has 2 aromatic carbocycles. The molecular formula is C13H10F. The topological polar surface area (TPSA) is 0 Å². The Morgan fingerprint density at radius 3 is 2.21 bits per heavy atom. The Morgan fingerprint density at radius 2 is 1.57 bits per heavy atom. The maximum absolute atomic E-state index is 13.1. The normalized spacial score (nSPS) is 10.1. The van der Waals surface area contributed by atoms with Crippen LogP contribution in [-0.4, -0.2) is 0 Å². The second-order valence-electron chi connectivity index (χ2n) is 3.21. The zero-order valence-electron chi connectivity index (χ0n) is 7.70. The highest BCUT2D eigenvalue weighted by Gasteiger charge is 1.99. The van der Waals surface area contributed by atoms with Crippen molar-refractivity contribution in [3.63, 3.8) is 0 Å². The number of hydrogen-bond acceptors (Lipinski definition) is 0. The number of benzene rings is 2. The lowest BCUT2D eigenvalue weighted by Gasteiger charge is -2.02. The zero-order valence-corrected chi connectivity index (χ0v) is 7.70. The van der Waals surface area contributed by atoms with E-state index in [1.165, 1.54) is 12.1 Å². The summed E-state index contributed by atoms with van der Waals surface area (Å²) in [5.74, 6) is -0.239. The van der Waals surface area contributed by atoms with Gasteiger partial charge in [0.2, 0.25) is 0 Å². The molecular weight excluding hydrogens is 175 g/mol. The van der Waals surface area contributed by atoms with E-state index in [0.717, 1.165) is 11.1 Å². The molecule has 0 saturated heterocycles. The van der Waals surface area contributed by atoms with Gasteiger partial charge in [-0.2, -0.15) is 0 Å². The van der Waals surface area contributed by atoms with Gasteiger partial charge >= 0.3 is 0 Å². The molecule has 0 aliphatic heterocycles. The first-order valence-electron chi connectivity index (χ1n) is 4.44. The molecule has 0 fully saturated rings. The third kappa shape index (κ3) is 1.82. The van der Waals surface area contributed by atoms with E-state index in [1.807, 2.05) is 36.4 Å². The van der Waals surface area contributed by atoms with Crippen LogP contribution in [-0.2, 0) is 0 Å². The molecule has 0 amide bonds. The Labute approximate surface area is 83.0 Å². The molecule has 0 heterocycles. The molecule has 1 heteroatoms. The first-order valence-corrected chi connectivity index (χ1v) is 4.44. The van der Waals surface area contributed by atoms with Crippen molar-refractivity contribution in [2.75, 3.05) is 0 Å². The average molecular weight is 185 g/mol. The third-order valence-corrected chi connectivity index (χ3v) is 2.06. The van der Waals surface area contributed by atoms with Crippen LogP contribution >= 0.6 is 0 Å². The summed E-state index contributed by atoms with van der Waals surface area (Å²) in [5, 5.41) is 0. The average Bonchev–Trinajstić information content (AvgIpc) is 2.18. The summed E-state index contributed by atoms with van der Waals surface area (Å²) in [6.07, 6.45) is 0. The first-order chi connectivity index (χ1) is 6.75. The van der Waals surface area contributed by atoms with Crippen LogP contribution in [0.15, 0.2) is 48.5 Å². The fourth-order valence-electron chi connectivity index (χ4n) is 1.45. The maximum atomic E-state index is 13.1. The molecule has 1 radical (unpaired) electrons. The summed E-state index contributed by atoms with van der Waals surface area (Å²) in [4.78, 5) is 0. The van der Waals surface area contributed by atoms with Crippen molar-refractivity contribution >= 4 is 0 Å². The van der Waals surface area contributed by atoms with Crippen molar-refractivity contribution < 1.29 is 4.39 Å². The van der Waals surface area contributed by atoms with Gasteiger partial charge in [0.05, 0.1) is 0 Å². The van der Waals surface area contributed by atoms with Crippen LogP contribution in [0.2, 0.25) is 0 Å². The van der Waals surface area contributed by atoms with E-state index in [9.17, 15) is 4.39 Å². The largest absolute Gasteiger partial charge is 0.207 e. The van der Waals surface area contributed by atoms with E-state index in [1.54, 1.807) is 0 Å². The summed E-state index contributed by atoms with van der Waals surface area (Å²) < 4.78 is 13.1. The van der Waals surface area contributed by atoms with E-state index >= 15 is 0 Å². The second kappa shape index (κ2) is 3.62. The highest BCUT2D eigenvalue weighted by atomic mass is 19.1. The number of rotatable bonds is 1. The fourth-order valence-corrected chi connectivity index (χ4v) is 1.45. The fraction of sp³-hybridized carbons (Fsp3) is 0. The molecule has 2 aromatic rings. The molecule has 14 heavy (non-hydrogen) atoms. The highest BCUT2D eigenvalue weighted by molar-refractivity contribution is 5.64. The Hall–Kier alpha value is -1.63. The van der Waals surface area contributed by atoms with Crippen molar-refractivity contribution in [1.82, 2.24) is 0 Å². The SMILES string of the molecule is [CH2]c1cc(F)cc(-c2ccccc2)c1. The zero-order chi connectivity index (χ0) is 9.97. The minimum Gasteiger partial charge on any atom is -0.207 e. The Morgan fingerprint density at radius 1 is 0.857 bits per heavy atom. The molecule has 0 aliphatic carbocycles.